The third-order valence-electron chi connectivity index (χ3n) is 2.34. The summed E-state index contributed by atoms with van der Waals surface area (Å²) >= 11 is 3.42. The van der Waals surface area contributed by atoms with Crippen LogP contribution in [0.3, 0.4) is 0 Å². The number of aliphatic hydroxyl groups excluding tert-OH is 1. The lowest BCUT2D eigenvalue weighted by Gasteiger charge is -2.11. The minimum absolute atomic E-state index is 0.361. The molecule has 1 aromatic rings. The van der Waals surface area contributed by atoms with E-state index >= 15 is 0 Å². The van der Waals surface area contributed by atoms with E-state index in [-0.39, 0.29) is 6.10 Å². The fraction of sp³-hybridized carbons (Fsp3) is 0.500. The van der Waals surface area contributed by atoms with Crippen molar-refractivity contribution < 1.29 is 14.6 Å². The Hall–Kier alpha value is -0.580. The van der Waals surface area contributed by atoms with Gasteiger partial charge in [-0.15, -0.1) is 0 Å². The topological polar surface area (TPSA) is 38.7 Å². The molecule has 16 heavy (non-hydrogen) atoms. The number of hydrogen-bond acceptors (Lipinski definition) is 3. The molecule has 0 aliphatic rings. The molecule has 1 rings (SSSR count). The maximum Gasteiger partial charge on any atom is 0.133 e. The predicted molar refractivity (Wildman–Crippen MR) is 66.9 cm³/mol. The van der Waals surface area contributed by atoms with E-state index in [1.54, 1.807) is 14.2 Å². The first kappa shape index (κ1) is 13.5. The van der Waals surface area contributed by atoms with Crippen molar-refractivity contribution in [1.82, 2.24) is 0 Å². The zero-order chi connectivity index (χ0) is 12.0. The molecule has 0 aliphatic heterocycles. The fourth-order valence-electron chi connectivity index (χ4n) is 1.46. The van der Waals surface area contributed by atoms with Gasteiger partial charge < -0.3 is 14.6 Å². The number of ether oxygens (including phenoxy) is 2. The summed E-state index contributed by atoms with van der Waals surface area (Å²) in [4.78, 5) is 0. The van der Waals surface area contributed by atoms with Crippen LogP contribution in [0.5, 0.6) is 5.75 Å². The van der Waals surface area contributed by atoms with E-state index in [2.05, 4.69) is 15.9 Å². The molecule has 0 saturated carbocycles. The van der Waals surface area contributed by atoms with Gasteiger partial charge in [0.15, 0.2) is 0 Å². The molecule has 3 nitrogen and oxygen atoms in total. The van der Waals surface area contributed by atoms with Crippen LogP contribution in [-0.2, 0) is 11.2 Å². The Bertz CT molecular complexity index is 328. The average molecular weight is 289 g/mol. The Kier molecular flexibility index (Phi) is 5.80. The van der Waals surface area contributed by atoms with Crippen LogP contribution < -0.4 is 4.74 Å². The molecule has 0 amide bonds. The summed E-state index contributed by atoms with van der Waals surface area (Å²) < 4.78 is 11.0. The molecular formula is C12H17BrO3. The lowest BCUT2D eigenvalue weighted by atomic mass is 10.1. The van der Waals surface area contributed by atoms with Gasteiger partial charge in [-0.3, -0.25) is 0 Å². The third-order valence-corrected chi connectivity index (χ3v) is 2.96. The normalized spacial score (nSPS) is 12.5. The summed E-state index contributed by atoms with van der Waals surface area (Å²) in [6, 6.07) is 5.82. The van der Waals surface area contributed by atoms with Gasteiger partial charge in [-0.05, 0) is 46.5 Å². The van der Waals surface area contributed by atoms with Gasteiger partial charge in [-0.2, -0.15) is 0 Å². The van der Waals surface area contributed by atoms with Crippen molar-refractivity contribution >= 4 is 15.9 Å². The fourth-order valence-corrected chi connectivity index (χ4v) is 2.05. The van der Waals surface area contributed by atoms with Gasteiger partial charge in [0.1, 0.15) is 5.75 Å². The Morgan fingerprint density at radius 1 is 1.38 bits per heavy atom. The minimum atomic E-state index is -0.361. The molecule has 0 aromatic heterocycles. The Morgan fingerprint density at radius 2 is 2.12 bits per heavy atom. The first-order valence-corrected chi connectivity index (χ1v) is 5.96. The van der Waals surface area contributed by atoms with Crippen LogP contribution in [0.4, 0.5) is 0 Å². The molecule has 0 saturated heterocycles. The van der Waals surface area contributed by atoms with Gasteiger partial charge in [0.2, 0.25) is 0 Å². The van der Waals surface area contributed by atoms with Crippen LogP contribution in [0.2, 0.25) is 0 Å². The smallest absolute Gasteiger partial charge is 0.133 e. The van der Waals surface area contributed by atoms with E-state index in [4.69, 9.17) is 9.47 Å². The van der Waals surface area contributed by atoms with Gasteiger partial charge >= 0.3 is 0 Å². The molecule has 1 atom stereocenters. The first-order valence-electron chi connectivity index (χ1n) is 5.16. The summed E-state index contributed by atoms with van der Waals surface area (Å²) in [5, 5.41) is 9.72. The zero-order valence-corrected chi connectivity index (χ0v) is 11.2. The van der Waals surface area contributed by atoms with Crippen LogP contribution in [0.1, 0.15) is 12.0 Å². The van der Waals surface area contributed by atoms with E-state index in [0.29, 0.717) is 19.4 Å². The van der Waals surface area contributed by atoms with E-state index < -0.39 is 0 Å². The van der Waals surface area contributed by atoms with E-state index in [1.807, 2.05) is 18.2 Å². The van der Waals surface area contributed by atoms with Crippen LogP contribution in [0.25, 0.3) is 0 Å². The van der Waals surface area contributed by atoms with Gasteiger partial charge in [-0.25, -0.2) is 0 Å². The first-order chi connectivity index (χ1) is 7.67. The van der Waals surface area contributed by atoms with Crippen molar-refractivity contribution in [3.8, 4) is 5.75 Å². The SMILES string of the molecule is COCCC(O)Cc1ccc(OC)c(Br)c1. The largest absolute Gasteiger partial charge is 0.496 e. The molecule has 0 radical (unpaired) electrons. The van der Waals surface area contributed by atoms with Crippen LogP contribution in [-0.4, -0.2) is 32.0 Å². The number of benzene rings is 1. The van der Waals surface area contributed by atoms with Crippen molar-refractivity contribution in [3.63, 3.8) is 0 Å². The van der Waals surface area contributed by atoms with Gasteiger partial charge in [-0.1, -0.05) is 6.07 Å². The molecule has 1 N–H and O–H groups in total. The van der Waals surface area contributed by atoms with Gasteiger partial charge in [0.05, 0.1) is 17.7 Å². The highest BCUT2D eigenvalue weighted by Gasteiger charge is 2.07. The molecule has 0 fully saturated rings. The van der Waals surface area contributed by atoms with Gasteiger partial charge in [0.25, 0.3) is 0 Å². The van der Waals surface area contributed by atoms with Crippen molar-refractivity contribution in [3.05, 3.63) is 28.2 Å². The minimum Gasteiger partial charge on any atom is -0.496 e. The second kappa shape index (κ2) is 6.89. The van der Waals surface area contributed by atoms with E-state index in [1.165, 1.54) is 0 Å². The summed E-state index contributed by atoms with van der Waals surface area (Å²) in [5.74, 6) is 0.801. The number of hydrogen-bond donors (Lipinski definition) is 1. The molecule has 1 unspecified atom stereocenters. The third kappa shape index (κ3) is 4.12. The van der Waals surface area contributed by atoms with Crippen molar-refractivity contribution in [2.75, 3.05) is 20.8 Å². The number of aliphatic hydroxyl groups is 1. The Labute approximate surface area is 105 Å². The molecule has 0 aliphatic carbocycles. The lowest BCUT2D eigenvalue weighted by molar-refractivity contribution is 0.110. The quantitative estimate of drug-likeness (QED) is 0.874. The standard InChI is InChI=1S/C12H17BrO3/c1-15-6-5-10(14)7-9-3-4-12(16-2)11(13)8-9/h3-4,8,10,14H,5-7H2,1-2H3. The molecule has 0 heterocycles. The van der Waals surface area contributed by atoms with Crippen LogP contribution in [0, 0.1) is 0 Å². The maximum atomic E-state index is 9.72. The molecular weight excluding hydrogens is 272 g/mol. The summed E-state index contributed by atoms with van der Waals surface area (Å²) in [6.07, 6.45) is 0.923. The van der Waals surface area contributed by atoms with Crippen molar-refractivity contribution in [2.24, 2.45) is 0 Å². The van der Waals surface area contributed by atoms with E-state index in [0.717, 1.165) is 15.8 Å². The van der Waals surface area contributed by atoms with Crippen LogP contribution in [0.15, 0.2) is 22.7 Å². The summed E-state index contributed by atoms with van der Waals surface area (Å²) in [7, 11) is 3.27. The summed E-state index contributed by atoms with van der Waals surface area (Å²) in [6.45, 7) is 0.582. The highest BCUT2D eigenvalue weighted by atomic mass is 79.9. The molecule has 0 bridgehead atoms. The lowest BCUT2D eigenvalue weighted by Crippen LogP contribution is -2.13. The number of rotatable bonds is 6. The summed E-state index contributed by atoms with van der Waals surface area (Å²) in [5.41, 5.74) is 1.08. The molecule has 4 heteroatoms. The second-order valence-corrected chi connectivity index (χ2v) is 4.46. The van der Waals surface area contributed by atoms with Crippen LogP contribution >= 0.6 is 15.9 Å². The Balaban J connectivity index is 2.57. The van der Waals surface area contributed by atoms with E-state index in [9.17, 15) is 5.11 Å². The Morgan fingerprint density at radius 3 is 2.69 bits per heavy atom. The second-order valence-electron chi connectivity index (χ2n) is 3.61. The number of methoxy groups -OCH3 is 2. The van der Waals surface area contributed by atoms with Crippen molar-refractivity contribution in [1.29, 1.82) is 0 Å². The highest BCUT2D eigenvalue weighted by molar-refractivity contribution is 9.10. The monoisotopic (exact) mass is 288 g/mol. The highest BCUT2D eigenvalue weighted by Crippen LogP contribution is 2.26. The zero-order valence-electron chi connectivity index (χ0n) is 9.57. The average Bonchev–Trinajstić information content (AvgIpc) is 2.26. The maximum absolute atomic E-state index is 9.72. The molecule has 1 aromatic carbocycles. The van der Waals surface area contributed by atoms with Crippen molar-refractivity contribution in [2.45, 2.75) is 18.9 Å². The molecule has 0 spiro atoms. The van der Waals surface area contributed by atoms with Gasteiger partial charge in [0, 0.05) is 13.7 Å². The number of halogens is 1. The molecule has 90 valence electrons. The predicted octanol–water partition coefficient (Wildman–Crippen LogP) is 2.40.